The average molecular weight is 386 g/mol. The van der Waals surface area contributed by atoms with Crippen LogP contribution in [0.3, 0.4) is 0 Å². The molecule has 0 bridgehead atoms. The molecule has 1 saturated heterocycles. The van der Waals surface area contributed by atoms with Crippen molar-refractivity contribution in [3.05, 3.63) is 34.9 Å². The number of benzene rings is 1. The molecule has 0 radical (unpaired) electrons. The number of nitrogens with zero attached hydrogens (tertiary/aromatic N) is 2. The van der Waals surface area contributed by atoms with Crippen molar-refractivity contribution in [1.82, 2.24) is 10.2 Å². The molecule has 0 spiro atoms. The summed E-state index contributed by atoms with van der Waals surface area (Å²) in [5.41, 5.74) is 2.56. The standard InChI is InChI=1S/C23H35N3O2/c1-6-7-8-9-21(18-10-11-19(15-24)17(2)14-18)26-13-12-20(16-26)25-22(27)28-23(3,4)5/h10-11,14,20-21H,6-9,12-13,16H2,1-5H3,(H,25,27). The van der Waals surface area contributed by atoms with Crippen LogP contribution in [0.5, 0.6) is 0 Å². The molecule has 2 unspecified atom stereocenters. The van der Waals surface area contributed by atoms with Crippen molar-refractivity contribution in [3.63, 3.8) is 0 Å². The molecule has 1 amide bonds. The van der Waals surface area contributed by atoms with Gasteiger partial charge in [0.15, 0.2) is 0 Å². The van der Waals surface area contributed by atoms with Gasteiger partial charge in [-0.25, -0.2) is 4.79 Å². The molecule has 2 atom stereocenters. The summed E-state index contributed by atoms with van der Waals surface area (Å²) in [5, 5.41) is 12.2. The Balaban J connectivity index is 2.07. The van der Waals surface area contributed by atoms with E-state index in [1.807, 2.05) is 33.8 Å². The third-order valence-corrected chi connectivity index (χ3v) is 5.22. The number of carbonyl (C=O) groups excluding carboxylic acids is 1. The fourth-order valence-electron chi connectivity index (χ4n) is 3.83. The maximum absolute atomic E-state index is 12.1. The van der Waals surface area contributed by atoms with Crippen molar-refractivity contribution in [2.45, 2.75) is 84.4 Å². The smallest absolute Gasteiger partial charge is 0.407 e. The molecule has 1 aliphatic rings. The molecule has 0 saturated carbocycles. The van der Waals surface area contributed by atoms with E-state index in [-0.39, 0.29) is 12.1 Å². The highest BCUT2D eigenvalue weighted by Gasteiger charge is 2.31. The van der Waals surface area contributed by atoms with Crippen LogP contribution in [-0.2, 0) is 4.74 Å². The second-order valence-electron chi connectivity index (χ2n) is 8.82. The van der Waals surface area contributed by atoms with Crippen LogP contribution >= 0.6 is 0 Å². The van der Waals surface area contributed by atoms with Gasteiger partial charge in [0.05, 0.1) is 11.6 Å². The first-order chi connectivity index (χ1) is 13.2. The number of ether oxygens (including phenoxy) is 1. The fraction of sp³-hybridized carbons (Fsp3) is 0.652. The Morgan fingerprint density at radius 2 is 2.14 bits per heavy atom. The normalized spacial score (nSPS) is 18.5. The number of hydrogen-bond donors (Lipinski definition) is 1. The lowest BCUT2D eigenvalue weighted by Crippen LogP contribution is -2.41. The van der Waals surface area contributed by atoms with Crippen molar-refractivity contribution >= 4 is 6.09 Å². The highest BCUT2D eigenvalue weighted by Crippen LogP contribution is 2.31. The van der Waals surface area contributed by atoms with Crippen LogP contribution in [0.25, 0.3) is 0 Å². The number of alkyl carbamates (subject to hydrolysis) is 1. The van der Waals surface area contributed by atoms with E-state index in [0.29, 0.717) is 6.04 Å². The zero-order valence-electron chi connectivity index (χ0n) is 18.0. The van der Waals surface area contributed by atoms with Crippen LogP contribution in [0.1, 0.15) is 82.5 Å². The summed E-state index contributed by atoms with van der Waals surface area (Å²) >= 11 is 0. The summed E-state index contributed by atoms with van der Waals surface area (Å²) in [4.78, 5) is 14.6. The molecule has 28 heavy (non-hydrogen) atoms. The molecule has 5 heteroatoms. The molecule has 1 aromatic rings. The lowest BCUT2D eigenvalue weighted by molar-refractivity contribution is 0.0504. The maximum Gasteiger partial charge on any atom is 0.407 e. The molecular formula is C23H35N3O2. The van der Waals surface area contributed by atoms with E-state index in [0.717, 1.165) is 37.1 Å². The number of unbranched alkanes of at least 4 members (excludes halogenated alkanes) is 2. The Bertz CT molecular complexity index is 703. The second-order valence-corrected chi connectivity index (χ2v) is 8.82. The molecule has 1 aliphatic heterocycles. The van der Waals surface area contributed by atoms with Gasteiger partial charge < -0.3 is 10.1 Å². The van der Waals surface area contributed by atoms with Crippen molar-refractivity contribution < 1.29 is 9.53 Å². The van der Waals surface area contributed by atoms with Gasteiger partial charge in [0.25, 0.3) is 0 Å². The van der Waals surface area contributed by atoms with Crippen LogP contribution in [0.4, 0.5) is 4.79 Å². The van der Waals surface area contributed by atoms with Crippen LogP contribution in [-0.4, -0.2) is 35.7 Å². The van der Waals surface area contributed by atoms with Gasteiger partial charge in [-0.05, 0) is 57.7 Å². The van der Waals surface area contributed by atoms with Gasteiger partial charge in [0, 0.05) is 25.2 Å². The van der Waals surface area contributed by atoms with Gasteiger partial charge in [0.2, 0.25) is 0 Å². The molecule has 1 fully saturated rings. The van der Waals surface area contributed by atoms with Crippen molar-refractivity contribution in [2.24, 2.45) is 0 Å². The Kier molecular flexibility index (Phi) is 7.88. The Hall–Kier alpha value is -2.06. The Morgan fingerprint density at radius 1 is 1.39 bits per heavy atom. The number of aryl methyl sites for hydroxylation is 1. The largest absolute Gasteiger partial charge is 0.444 e. The monoisotopic (exact) mass is 385 g/mol. The number of amides is 1. The van der Waals surface area contributed by atoms with Gasteiger partial charge in [0.1, 0.15) is 5.60 Å². The summed E-state index contributed by atoms with van der Waals surface area (Å²) in [6.45, 7) is 11.6. The highest BCUT2D eigenvalue weighted by molar-refractivity contribution is 5.68. The second kappa shape index (κ2) is 9.93. The molecule has 0 aliphatic carbocycles. The minimum atomic E-state index is -0.481. The molecule has 2 rings (SSSR count). The van der Waals surface area contributed by atoms with Gasteiger partial charge in [-0.3, -0.25) is 4.90 Å². The molecule has 1 heterocycles. The zero-order chi connectivity index (χ0) is 20.7. The lowest BCUT2D eigenvalue weighted by atomic mass is 9.96. The van der Waals surface area contributed by atoms with E-state index in [1.54, 1.807) is 0 Å². The lowest BCUT2D eigenvalue weighted by Gasteiger charge is -2.29. The first-order valence-corrected chi connectivity index (χ1v) is 10.5. The first kappa shape index (κ1) is 22.2. The van der Waals surface area contributed by atoms with Crippen LogP contribution < -0.4 is 5.32 Å². The predicted molar refractivity (Wildman–Crippen MR) is 112 cm³/mol. The fourth-order valence-corrected chi connectivity index (χ4v) is 3.83. The number of carbonyl (C=O) groups is 1. The minimum absolute atomic E-state index is 0.114. The van der Waals surface area contributed by atoms with E-state index >= 15 is 0 Å². The van der Waals surface area contributed by atoms with Crippen LogP contribution in [0, 0.1) is 18.3 Å². The van der Waals surface area contributed by atoms with E-state index < -0.39 is 5.60 Å². The molecule has 5 nitrogen and oxygen atoms in total. The summed E-state index contributed by atoms with van der Waals surface area (Å²) in [6.07, 6.45) is 5.29. The summed E-state index contributed by atoms with van der Waals surface area (Å²) in [7, 11) is 0. The summed E-state index contributed by atoms with van der Waals surface area (Å²) in [5.74, 6) is 0. The van der Waals surface area contributed by atoms with E-state index in [1.165, 1.54) is 24.8 Å². The topological polar surface area (TPSA) is 65.4 Å². The third-order valence-electron chi connectivity index (χ3n) is 5.22. The Labute approximate surface area is 170 Å². The number of nitriles is 1. The molecule has 154 valence electrons. The number of hydrogen-bond acceptors (Lipinski definition) is 4. The van der Waals surface area contributed by atoms with Crippen molar-refractivity contribution in [3.8, 4) is 6.07 Å². The first-order valence-electron chi connectivity index (χ1n) is 10.5. The summed E-state index contributed by atoms with van der Waals surface area (Å²) in [6, 6.07) is 8.88. The third kappa shape index (κ3) is 6.53. The minimum Gasteiger partial charge on any atom is -0.444 e. The zero-order valence-corrected chi connectivity index (χ0v) is 18.0. The SMILES string of the molecule is CCCCCC(c1ccc(C#N)c(C)c1)N1CCC(NC(=O)OC(C)(C)C)C1. The molecule has 1 aromatic carbocycles. The summed E-state index contributed by atoms with van der Waals surface area (Å²) < 4.78 is 5.40. The molecule has 1 N–H and O–H groups in total. The number of likely N-dealkylation sites (tertiary alicyclic amines) is 1. The van der Waals surface area contributed by atoms with E-state index in [4.69, 9.17) is 4.74 Å². The van der Waals surface area contributed by atoms with Gasteiger partial charge in [-0.15, -0.1) is 0 Å². The van der Waals surface area contributed by atoms with Crippen molar-refractivity contribution in [2.75, 3.05) is 13.1 Å². The average Bonchev–Trinajstić information content (AvgIpc) is 3.05. The van der Waals surface area contributed by atoms with Gasteiger partial charge in [-0.1, -0.05) is 38.3 Å². The Morgan fingerprint density at radius 3 is 2.75 bits per heavy atom. The predicted octanol–water partition coefficient (Wildman–Crippen LogP) is 5.09. The van der Waals surface area contributed by atoms with Crippen LogP contribution in [0.15, 0.2) is 18.2 Å². The molecule has 0 aromatic heterocycles. The van der Waals surface area contributed by atoms with E-state index in [2.05, 4.69) is 35.3 Å². The van der Waals surface area contributed by atoms with Crippen LogP contribution in [0.2, 0.25) is 0 Å². The van der Waals surface area contributed by atoms with Crippen molar-refractivity contribution in [1.29, 1.82) is 5.26 Å². The van der Waals surface area contributed by atoms with Gasteiger partial charge >= 0.3 is 6.09 Å². The van der Waals surface area contributed by atoms with Gasteiger partial charge in [-0.2, -0.15) is 5.26 Å². The number of rotatable bonds is 7. The van der Waals surface area contributed by atoms with E-state index in [9.17, 15) is 10.1 Å². The number of nitrogens with one attached hydrogen (secondary N) is 1. The molecular weight excluding hydrogens is 350 g/mol. The maximum atomic E-state index is 12.1. The highest BCUT2D eigenvalue weighted by atomic mass is 16.6. The quantitative estimate of drug-likeness (QED) is 0.664.